The van der Waals surface area contributed by atoms with E-state index in [-0.39, 0.29) is 18.6 Å². The third-order valence-electron chi connectivity index (χ3n) is 3.61. The Morgan fingerprint density at radius 1 is 1.61 bits per heavy atom. The van der Waals surface area contributed by atoms with E-state index in [2.05, 4.69) is 11.9 Å². The number of hydrogen-bond donors (Lipinski definition) is 2. The number of likely N-dealkylation sites (tertiary alicyclic amines) is 1. The van der Waals surface area contributed by atoms with Crippen molar-refractivity contribution in [2.24, 2.45) is 11.7 Å². The van der Waals surface area contributed by atoms with Crippen LogP contribution in [0.4, 0.5) is 0 Å². The van der Waals surface area contributed by atoms with Crippen molar-refractivity contribution in [3.8, 4) is 0 Å². The van der Waals surface area contributed by atoms with Gasteiger partial charge in [-0.15, -0.1) is 0 Å². The molecule has 2 unspecified atom stereocenters. The molecule has 1 aromatic rings. The van der Waals surface area contributed by atoms with E-state index < -0.39 is 0 Å². The molecule has 0 saturated carbocycles. The minimum atomic E-state index is -0.109. The second-order valence-corrected chi connectivity index (χ2v) is 4.77. The molecule has 2 heterocycles. The van der Waals surface area contributed by atoms with Crippen LogP contribution >= 0.6 is 0 Å². The molecule has 5 nitrogen and oxygen atoms in total. The van der Waals surface area contributed by atoms with Crippen LogP contribution in [0.5, 0.6) is 0 Å². The molecular formula is C13H19N3O2. The van der Waals surface area contributed by atoms with E-state index in [1.54, 1.807) is 17.2 Å². The molecule has 5 heteroatoms. The fourth-order valence-electron chi connectivity index (χ4n) is 2.36. The van der Waals surface area contributed by atoms with Gasteiger partial charge in [-0.1, -0.05) is 13.0 Å². The topological polar surface area (TPSA) is 79.5 Å². The highest BCUT2D eigenvalue weighted by molar-refractivity contribution is 5.92. The average Bonchev–Trinajstić information content (AvgIpc) is 2.79. The fourth-order valence-corrected chi connectivity index (χ4v) is 2.36. The summed E-state index contributed by atoms with van der Waals surface area (Å²) in [5, 5.41) is 9.35. The van der Waals surface area contributed by atoms with Crippen LogP contribution in [0.3, 0.4) is 0 Å². The highest BCUT2D eigenvalue weighted by Gasteiger charge is 2.34. The number of aliphatic hydroxyl groups excluding tert-OH is 1. The minimum Gasteiger partial charge on any atom is -0.394 e. The van der Waals surface area contributed by atoms with Gasteiger partial charge in [-0.05, 0) is 24.0 Å². The lowest BCUT2D eigenvalue weighted by atomic mass is 10.0. The summed E-state index contributed by atoms with van der Waals surface area (Å²) in [6.07, 6.45) is 2.55. The predicted molar refractivity (Wildman–Crippen MR) is 67.8 cm³/mol. The maximum Gasteiger partial charge on any atom is 0.272 e. The highest BCUT2D eigenvalue weighted by Crippen LogP contribution is 2.24. The Labute approximate surface area is 107 Å². The third-order valence-corrected chi connectivity index (χ3v) is 3.61. The molecule has 18 heavy (non-hydrogen) atoms. The van der Waals surface area contributed by atoms with Crippen molar-refractivity contribution < 1.29 is 9.90 Å². The van der Waals surface area contributed by atoms with Crippen molar-refractivity contribution in [1.29, 1.82) is 0 Å². The van der Waals surface area contributed by atoms with Crippen LogP contribution in [0.15, 0.2) is 18.3 Å². The summed E-state index contributed by atoms with van der Waals surface area (Å²) in [6, 6.07) is 3.42. The SMILES string of the molecule is CC1CCN(C(=O)c2ccc(CN)cn2)C1CO. The number of nitrogens with two attached hydrogens (primary N) is 1. The van der Waals surface area contributed by atoms with Crippen molar-refractivity contribution in [2.45, 2.75) is 25.9 Å². The molecule has 1 aliphatic heterocycles. The molecular weight excluding hydrogens is 230 g/mol. The lowest BCUT2D eigenvalue weighted by molar-refractivity contribution is 0.0642. The third kappa shape index (κ3) is 2.37. The van der Waals surface area contributed by atoms with Gasteiger partial charge >= 0.3 is 0 Å². The number of carbonyl (C=O) groups is 1. The first-order valence-corrected chi connectivity index (χ1v) is 6.24. The zero-order valence-electron chi connectivity index (χ0n) is 10.5. The van der Waals surface area contributed by atoms with Crippen LogP contribution in [-0.2, 0) is 6.54 Å². The van der Waals surface area contributed by atoms with E-state index in [9.17, 15) is 9.90 Å². The molecule has 1 aliphatic rings. The normalized spacial score (nSPS) is 23.4. The van der Waals surface area contributed by atoms with E-state index >= 15 is 0 Å². The molecule has 0 radical (unpaired) electrons. The lowest BCUT2D eigenvalue weighted by Gasteiger charge is -2.24. The summed E-state index contributed by atoms with van der Waals surface area (Å²) in [5.41, 5.74) is 6.81. The molecule has 0 bridgehead atoms. The van der Waals surface area contributed by atoms with Gasteiger partial charge in [-0.25, -0.2) is 0 Å². The molecule has 1 saturated heterocycles. The fraction of sp³-hybridized carbons (Fsp3) is 0.538. The standard InChI is InChI=1S/C13H19N3O2/c1-9-4-5-16(12(9)8-17)13(18)11-3-2-10(6-14)7-15-11/h2-3,7,9,12,17H,4-6,8,14H2,1H3. The molecule has 1 fully saturated rings. The van der Waals surface area contributed by atoms with Gasteiger partial charge in [0.15, 0.2) is 0 Å². The van der Waals surface area contributed by atoms with Crippen LogP contribution in [0.1, 0.15) is 29.4 Å². The van der Waals surface area contributed by atoms with Crippen LogP contribution < -0.4 is 5.73 Å². The average molecular weight is 249 g/mol. The first-order chi connectivity index (χ1) is 8.67. The first kappa shape index (κ1) is 13.0. The van der Waals surface area contributed by atoms with Crippen molar-refractivity contribution in [2.75, 3.05) is 13.2 Å². The Hall–Kier alpha value is -1.46. The Bertz CT molecular complexity index is 419. The number of rotatable bonds is 3. The lowest BCUT2D eigenvalue weighted by Crippen LogP contribution is -2.40. The quantitative estimate of drug-likeness (QED) is 0.812. The van der Waals surface area contributed by atoms with Crippen molar-refractivity contribution >= 4 is 5.91 Å². The van der Waals surface area contributed by atoms with Crippen LogP contribution in [0, 0.1) is 5.92 Å². The zero-order valence-corrected chi connectivity index (χ0v) is 10.5. The Morgan fingerprint density at radius 2 is 2.39 bits per heavy atom. The van der Waals surface area contributed by atoms with Crippen molar-refractivity contribution in [3.05, 3.63) is 29.6 Å². The number of pyridine rings is 1. The van der Waals surface area contributed by atoms with E-state index in [1.165, 1.54) is 0 Å². The van der Waals surface area contributed by atoms with E-state index in [0.717, 1.165) is 12.0 Å². The Kier molecular flexibility index (Phi) is 3.93. The molecule has 0 aromatic carbocycles. The Morgan fingerprint density at radius 3 is 2.94 bits per heavy atom. The predicted octanol–water partition coefficient (Wildman–Crippen LogP) is 0.383. The maximum absolute atomic E-state index is 12.3. The maximum atomic E-state index is 12.3. The van der Waals surface area contributed by atoms with Gasteiger partial charge < -0.3 is 15.7 Å². The molecule has 0 aliphatic carbocycles. The highest BCUT2D eigenvalue weighted by atomic mass is 16.3. The van der Waals surface area contributed by atoms with Gasteiger partial charge in [0.25, 0.3) is 5.91 Å². The smallest absolute Gasteiger partial charge is 0.272 e. The number of hydrogen-bond acceptors (Lipinski definition) is 4. The largest absolute Gasteiger partial charge is 0.394 e. The molecule has 1 amide bonds. The van der Waals surface area contributed by atoms with E-state index in [4.69, 9.17) is 5.73 Å². The molecule has 1 aromatic heterocycles. The second-order valence-electron chi connectivity index (χ2n) is 4.77. The van der Waals surface area contributed by atoms with Crippen LogP contribution in [-0.4, -0.2) is 40.1 Å². The van der Waals surface area contributed by atoms with Gasteiger partial charge in [-0.2, -0.15) is 0 Å². The molecule has 0 spiro atoms. The first-order valence-electron chi connectivity index (χ1n) is 6.24. The van der Waals surface area contributed by atoms with E-state index in [0.29, 0.717) is 24.7 Å². The minimum absolute atomic E-state index is 0.00773. The summed E-state index contributed by atoms with van der Waals surface area (Å²) < 4.78 is 0. The van der Waals surface area contributed by atoms with Gasteiger partial charge in [-0.3, -0.25) is 9.78 Å². The number of carbonyl (C=O) groups excluding carboxylic acids is 1. The zero-order chi connectivity index (χ0) is 13.1. The van der Waals surface area contributed by atoms with Crippen molar-refractivity contribution in [3.63, 3.8) is 0 Å². The number of aromatic nitrogens is 1. The molecule has 2 rings (SSSR count). The number of nitrogens with zero attached hydrogens (tertiary/aromatic N) is 2. The summed E-state index contributed by atoms with van der Waals surface area (Å²) in [4.78, 5) is 18.1. The van der Waals surface area contributed by atoms with Crippen molar-refractivity contribution in [1.82, 2.24) is 9.88 Å². The summed E-state index contributed by atoms with van der Waals surface area (Å²) in [5.74, 6) is 0.226. The summed E-state index contributed by atoms with van der Waals surface area (Å²) >= 11 is 0. The monoisotopic (exact) mass is 249 g/mol. The van der Waals surface area contributed by atoms with Crippen LogP contribution in [0.25, 0.3) is 0 Å². The Balaban J connectivity index is 2.15. The molecule has 3 N–H and O–H groups in total. The molecule has 98 valence electrons. The second kappa shape index (κ2) is 5.46. The van der Waals surface area contributed by atoms with E-state index in [1.807, 2.05) is 6.07 Å². The van der Waals surface area contributed by atoms with Gasteiger partial charge in [0, 0.05) is 19.3 Å². The number of amides is 1. The number of aliphatic hydroxyl groups is 1. The van der Waals surface area contributed by atoms with Crippen LogP contribution in [0.2, 0.25) is 0 Å². The summed E-state index contributed by atoms with van der Waals surface area (Å²) in [6.45, 7) is 3.17. The van der Waals surface area contributed by atoms with Gasteiger partial charge in [0.1, 0.15) is 5.69 Å². The summed E-state index contributed by atoms with van der Waals surface area (Å²) in [7, 11) is 0. The van der Waals surface area contributed by atoms with Gasteiger partial charge in [0.05, 0.1) is 12.6 Å². The molecule has 2 atom stereocenters. The van der Waals surface area contributed by atoms with Gasteiger partial charge in [0.2, 0.25) is 0 Å².